The van der Waals surface area contributed by atoms with Gasteiger partial charge in [-0.2, -0.15) is 0 Å². The molecule has 4 aliphatic carbocycles. The zero-order chi connectivity index (χ0) is 25.6. The zero-order valence-electron chi connectivity index (χ0n) is 20.6. The fraction of sp³-hybridized carbons (Fsp3) is 0.344. The SMILES string of the molecule is O=C(O)/C=C/c1cc(Cl)c(-c2ccc(OCc3ccccc3)c(C34CC5CC(CC(C5)C3)C4)c2)c(Cl)c1. The Hall–Kier alpha value is -2.75. The van der Waals surface area contributed by atoms with E-state index in [2.05, 4.69) is 24.3 Å². The standard InChI is InChI=1S/C32H30Cl2O3/c33-27-13-21(6-9-30(35)36)14-28(34)31(27)25-7-8-29(37-19-20-4-2-1-3-5-20)26(15-25)32-16-22-10-23(17-32)12-24(11-22)18-32/h1-9,13-15,22-24H,10-12,16-19H2,(H,35,36)/b9-6+. The summed E-state index contributed by atoms with van der Waals surface area (Å²) in [5.41, 5.74) is 4.99. The third-order valence-corrected chi connectivity index (χ3v) is 9.19. The molecule has 7 rings (SSSR count). The van der Waals surface area contributed by atoms with Gasteiger partial charge in [0, 0.05) is 17.2 Å². The second kappa shape index (κ2) is 9.85. The van der Waals surface area contributed by atoms with E-state index in [4.69, 9.17) is 33.0 Å². The Morgan fingerprint density at radius 3 is 2.14 bits per heavy atom. The smallest absolute Gasteiger partial charge is 0.328 e. The normalized spacial score (nSPS) is 26.1. The highest BCUT2D eigenvalue weighted by atomic mass is 35.5. The summed E-state index contributed by atoms with van der Waals surface area (Å²) in [6.45, 7) is 0.533. The second-order valence-corrected chi connectivity index (χ2v) is 12.0. The van der Waals surface area contributed by atoms with E-state index in [1.807, 2.05) is 24.3 Å². The van der Waals surface area contributed by atoms with Crippen molar-refractivity contribution in [3.05, 3.63) is 93.5 Å². The molecule has 0 heterocycles. The van der Waals surface area contributed by atoms with E-state index < -0.39 is 5.97 Å². The fourth-order valence-electron chi connectivity index (χ4n) is 7.53. The zero-order valence-corrected chi connectivity index (χ0v) is 22.1. The van der Waals surface area contributed by atoms with Crippen molar-refractivity contribution >= 4 is 35.2 Å². The van der Waals surface area contributed by atoms with Crippen LogP contribution in [0.1, 0.15) is 55.2 Å². The van der Waals surface area contributed by atoms with Gasteiger partial charge in [0.1, 0.15) is 12.4 Å². The lowest BCUT2D eigenvalue weighted by Gasteiger charge is -2.57. The number of aliphatic carboxylic acids is 1. The second-order valence-electron chi connectivity index (χ2n) is 11.2. The molecule has 0 saturated heterocycles. The minimum Gasteiger partial charge on any atom is -0.489 e. The van der Waals surface area contributed by atoms with Gasteiger partial charge in [-0.25, -0.2) is 4.79 Å². The molecule has 37 heavy (non-hydrogen) atoms. The molecule has 4 aliphatic rings. The Labute approximate surface area is 228 Å². The van der Waals surface area contributed by atoms with Crippen LogP contribution in [-0.2, 0) is 16.8 Å². The van der Waals surface area contributed by atoms with Gasteiger partial charge in [-0.15, -0.1) is 0 Å². The van der Waals surface area contributed by atoms with Gasteiger partial charge in [0.15, 0.2) is 0 Å². The van der Waals surface area contributed by atoms with Crippen molar-refractivity contribution in [1.82, 2.24) is 0 Å². The Kier molecular flexibility index (Phi) is 6.54. The summed E-state index contributed by atoms with van der Waals surface area (Å²) in [6.07, 6.45) is 10.4. The molecular formula is C32H30Cl2O3. The highest BCUT2D eigenvalue weighted by Crippen LogP contribution is 2.62. The number of carbonyl (C=O) groups is 1. The number of hydrogen-bond acceptors (Lipinski definition) is 2. The highest BCUT2D eigenvalue weighted by molar-refractivity contribution is 6.39. The number of carboxylic acids is 1. The molecule has 5 heteroatoms. The summed E-state index contributed by atoms with van der Waals surface area (Å²) < 4.78 is 6.51. The molecule has 3 nitrogen and oxygen atoms in total. The van der Waals surface area contributed by atoms with Crippen LogP contribution >= 0.6 is 23.2 Å². The van der Waals surface area contributed by atoms with Crippen LogP contribution in [0.3, 0.4) is 0 Å². The van der Waals surface area contributed by atoms with Gasteiger partial charge in [0.05, 0.1) is 10.0 Å². The molecule has 0 spiro atoms. The van der Waals surface area contributed by atoms with Gasteiger partial charge in [0.2, 0.25) is 0 Å². The first-order chi connectivity index (χ1) is 17.9. The summed E-state index contributed by atoms with van der Waals surface area (Å²) in [5.74, 6) is 2.38. The quantitative estimate of drug-likeness (QED) is 0.309. The number of ether oxygens (including phenoxy) is 1. The average molecular weight is 533 g/mol. The van der Waals surface area contributed by atoms with Crippen molar-refractivity contribution in [2.45, 2.75) is 50.5 Å². The number of halogens is 2. The van der Waals surface area contributed by atoms with E-state index >= 15 is 0 Å². The maximum atomic E-state index is 10.9. The molecule has 3 aromatic carbocycles. The van der Waals surface area contributed by atoms with Crippen LogP contribution in [-0.4, -0.2) is 11.1 Å². The predicted octanol–water partition coefficient (Wildman–Crippen LogP) is 8.80. The summed E-state index contributed by atoms with van der Waals surface area (Å²) in [5, 5.41) is 9.98. The molecule has 0 unspecified atom stereocenters. The van der Waals surface area contributed by atoms with Crippen LogP contribution in [0.4, 0.5) is 0 Å². The first-order valence-electron chi connectivity index (χ1n) is 13.1. The van der Waals surface area contributed by atoms with Crippen molar-refractivity contribution in [3.8, 4) is 16.9 Å². The number of rotatable bonds is 7. The van der Waals surface area contributed by atoms with Crippen molar-refractivity contribution in [2.75, 3.05) is 0 Å². The molecule has 4 saturated carbocycles. The number of benzene rings is 3. The lowest BCUT2D eigenvalue weighted by molar-refractivity contribution is -0.131. The molecule has 190 valence electrons. The molecule has 0 radical (unpaired) electrons. The van der Waals surface area contributed by atoms with E-state index in [0.29, 0.717) is 22.2 Å². The maximum Gasteiger partial charge on any atom is 0.328 e. The van der Waals surface area contributed by atoms with Crippen molar-refractivity contribution < 1.29 is 14.6 Å². The lowest BCUT2D eigenvalue weighted by atomic mass is 9.48. The fourth-order valence-corrected chi connectivity index (χ4v) is 8.26. The number of hydrogen-bond donors (Lipinski definition) is 1. The predicted molar refractivity (Wildman–Crippen MR) is 149 cm³/mol. The Balaban J connectivity index is 1.41. The van der Waals surface area contributed by atoms with Crippen LogP contribution in [0.15, 0.2) is 66.7 Å². The van der Waals surface area contributed by atoms with Crippen LogP contribution in [0.25, 0.3) is 17.2 Å². The van der Waals surface area contributed by atoms with E-state index in [1.165, 1.54) is 50.2 Å². The van der Waals surface area contributed by atoms with Crippen molar-refractivity contribution in [1.29, 1.82) is 0 Å². The van der Waals surface area contributed by atoms with Crippen molar-refractivity contribution in [2.24, 2.45) is 17.8 Å². The first kappa shape index (κ1) is 24.6. The molecule has 0 atom stereocenters. The molecule has 4 fully saturated rings. The third-order valence-electron chi connectivity index (χ3n) is 8.60. The molecule has 4 bridgehead atoms. The van der Waals surface area contributed by atoms with Crippen LogP contribution in [0.2, 0.25) is 10.0 Å². The Morgan fingerprint density at radius 1 is 0.919 bits per heavy atom. The van der Waals surface area contributed by atoms with E-state index in [0.717, 1.165) is 46.3 Å². The Morgan fingerprint density at radius 2 is 1.54 bits per heavy atom. The van der Waals surface area contributed by atoms with Gasteiger partial charge in [-0.05, 0) is 109 Å². The molecule has 3 aromatic rings. The van der Waals surface area contributed by atoms with E-state index in [9.17, 15) is 4.79 Å². The van der Waals surface area contributed by atoms with Gasteiger partial charge >= 0.3 is 5.97 Å². The van der Waals surface area contributed by atoms with E-state index in [1.54, 1.807) is 12.1 Å². The van der Waals surface area contributed by atoms with Crippen LogP contribution in [0, 0.1) is 17.8 Å². The highest BCUT2D eigenvalue weighted by Gasteiger charge is 2.52. The topological polar surface area (TPSA) is 46.5 Å². The summed E-state index contributed by atoms with van der Waals surface area (Å²) in [7, 11) is 0. The average Bonchev–Trinajstić information content (AvgIpc) is 2.86. The minimum atomic E-state index is -1.01. The minimum absolute atomic E-state index is 0.139. The monoisotopic (exact) mass is 532 g/mol. The van der Waals surface area contributed by atoms with Crippen molar-refractivity contribution in [3.63, 3.8) is 0 Å². The molecular weight excluding hydrogens is 503 g/mol. The number of carboxylic acid groups (broad SMARTS) is 1. The van der Waals surface area contributed by atoms with Gasteiger partial charge in [-0.3, -0.25) is 0 Å². The maximum absolute atomic E-state index is 10.9. The van der Waals surface area contributed by atoms with Gasteiger partial charge < -0.3 is 9.84 Å². The summed E-state index contributed by atoms with van der Waals surface area (Å²) >= 11 is 13.5. The summed E-state index contributed by atoms with van der Waals surface area (Å²) in [4.78, 5) is 10.9. The Bertz CT molecular complexity index is 1300. The molecule has 0 aliphatic heterocycles. The molecule has 1 N–H and O–H groups in total. The van der Waals surface area contributed by atoms with Gasteiger partial charge in [-0.1, -0.05) is 59.6 Å². The largest absolute Gasteiger partial charge is 0.489 e. The third kappa shape index (κ3) is 4.92. The summed E-state index contributed by atoms with van der Waals surface area (Å²) in [6, 6.07) is 20.3. The molecule has 0 aromatic heterocycles. The van der Waals surface area contributed by atoms with Gasteiger partial charge in [0.25, 0.3) is 0 Å². The first-order valence-corrected chi connectivity index (χ1v) is 13.9. The van der Waals surface area contributed by atoms with E-state index in [-0.39, 0.29) is 5.41 Å². The molecule has 0 amide bonds. The van der Waals surface area contributed by atoms with Crippen LogP contribution < -0.4 is 4.74 Å². The lowest BCUT2D eigenvalue weighted by Crippen LogP contribution is -2.48. The van der Waals surface area contributed by atoms with Crippen LogP contribution in [0.5, 0.6) is 5.75 Å².